The molecule has 1 N–H and O–H groups in total. The lowest BCUT2D eigenvalue weighted by Gasteiger charge is -2.13. The summed E-state index contributed by atoms with van der Waals surface area (Å²) in [6.45, 7) is 1.52. The minimum Gasteiger partial charge on any atom is -0.494 e. The fraction of sp³-hybridized carbons (Fsp3) is 0.238. The Morgan fingerprint density at radius 3 is 1.97 bits per heavy atom. The number of fused-ring (bicyclic) bond motifs is 1. The number of nitrogens with one attached hydrogen (secondary N) is 1. The average molecular weight is 534 g/mol. The number of halogens is 4. The van der Waals surface area contributed by atoms with Gasteiger partial charge in [0.25, 0.3) is 17.7 Å². The zero-order valence-corrected chi connectivity index (χ0v) is 20.1. The highest BCUT2D eigenvalue weighted by Gasteiger charge is 2.41. The van der Waals surface area contributed by atoms with Crippen molar-refractivity contribution in [3.63, 3.8) is 0 Å². The maximum absolute atomic E-state index is 12.6. The van der Waals surface area contributed by atoms with Crippen LogP contribution in [0.4, 0.5) is 5.69 Å². The molecule has 12 heteroatoms. The maximum atomic E-state index is 12.6. The van der Waals surface area contributed by atoms with Gasteiger partial charge in [0.2, 0.25) is 0 Å². The van der Waals surface area contributed by atoms with Crippen molar-refractivity contribution in [3.05, 3.63) is 55.5 Å². The van der Waals surface area contributed by atoms with Crippen molar-refractivity contribution in [1.29, 1.82) is 0 Å². The molecule has 0 saturated heterocycles. The van der Waals surface area contributed by atoms with Gasteiger partial charge in [0, 0.05) is 12.2 Å². The van der Waals surface area contributed by atoms with Crippen molar-refractivity contribution in [1.82, 2.24) is 4.90 Å². The smallest absolute Gasteiger partial charge is 0.308 e. The second-order valence-electron chi connectivity index (χ2n) is 6.68. The van der Waals surface area contributed by atoms with Gasteiger partial charge in [-0.15, -0.1) is 0 Å². The van der Waals surface area contributed by atoms with E-state index in [0.29, 0.717) is 18.0 Å². The lowest BCUT2D eigenvalue weighted by molar-refractivity contribution is -0.147. The molecule has 1 aliphatic rings. The predicted molar refractivity (Wildman–Crippen MR) is 124 cm³/mol. The molecule has 174 valence electrons. The fourth-order valence-electron chi connectivity index (χ4n) is 3.02. The molecule has 0 atom stereocenters. The highest BCUT2D eigenvalue weighted by atomic mass is 35.5. The van der Waals surface area contributed by atoms with Crippen LogP contribution in [-0.2, 0) is 14.3 Å². The maximum Gasteiger partial charge on any atom is 0.308 e. The van der Waals surface area contributed by atoms with Crippen molar-refractivity contribution >= 4 is 75.8 Å². The van der Waals surface area contributed by atoms with E-state index in [-0.39, 0.29) is 44.2 Å². The van der Waals surface area contributed by atoms with Crippen LogP contribution in [0.5, 0.6) is 5.75 Å². The third kappa shape index (κ3) is 5.35. The minimum atomic E-state index is -0.790. The number of rotatable bonds is 8. The van der Waals surface area contributed by atoms with E-state index in [9.17, 15) is 19.2 Å². The highest BCUT2D eigenvalue weighted by Crippen LogP contribution is 2.44. The molecule has 0 bridgehead atoms. The second-order valence-corrected chi connectivity index (χ2v) is 8.20. The molecule has 0 aromatic heterocycles. The number of nitrogens with zero attached hydrogens (tertiary/aromatic N) is 1. The molecule has 3 rings (SSSR count). The Morgan fingerprint density at radius 2 is 1.45 bits per heavy atom. The summed E-state index contributed by atoms with van der Waals surface area (Å²) in [6, 6.07) is 6.65. The summed E-state index contributed by atoms with van der Waals surface area (Å²) in [5.41, 5.74) is 0.143. The summed E-state index contributed by atoms with van der Waals surface area (Å²) >= 11 is 24.0. The first-order chi connectivity index (χ1) is 15.6. The third-order valence-electron chi connectivity index (χ3n) is 4.54. The molecule has 0 spiro atoms. The Kier molecular flexibility index (Phi) is 8.07. The molecule has 0 saturated carbocycles. The molecule has 3 amide bonds. The van der Waals surface area contributed by atoms with Crippen molar-refractivity contribution in [2.75, 3.05) is 25.1 Å². The first-order valence-electron chi connectivity index (χ1n) is 9.56. The number of anilines is 1. The second kappa shape index (κ2) is 10.6. The molecule has 0 radical (unpaired) electrons. The Labute approximate surface area is 208 Å². The molecular weight excluding hydrogens is 518 g/mol. The topological polar surface area (TPSA) is 102 Å². The fourth-order valence-corrected chi connectivity index (χ4v) is 4.03. The molecule has 1 heterocycles. The summed E-state index contributed by atoms with van der Waals surface area (Å²) in [5, 5.41) is 1.87. The summed E-state index contributed by atoms with van der Waals surface area (Å²) in [4.78, 5) is 50.1. The van der Waals surface area contributed by atoms with Gasteiger partial charge >= 0.3 is 5.97 Å². The van der Waals surface area contributed by atoms with E-state index in [2.05, 4.69) is 5.32 Å². The number of ether oxygens (including phenoxy) is 2. The summed E-state index contributed by atoms with van der Waals surface area (Å²) in [6.07, 6.45) is -0.349. The number of carbonyl (C=O) groups excluding carboxylic acids is 4. The quantitative estimate of drug-likeness (QED) is 0.225. The highest BCUT2D eigenvalue weighted by molar-refractivity contribution is 6.55. The molecule has 2 aromatic rings. The van der Waals surface area contributed by atoms with Crippen molar-refractivity contribution in [2.45, 2.75) is 13.3 Å². The number of esters is 1. The Morgan fingerprint density at radius 1 is 0.909 bits per heavy atom. The lowest BCUT2D eigenvalue weighted by Crippen LogP contribution is -2.32. The number of benzene rings is 2. The van der Waals surface area contributed by atoms with Gasteiger partial charge in [-0.05, 0) is 31.2 Å². The lowest BCUT2D eigenvalue weighted by atomic mass is 10.1. The van der Waals surface area contributed by atoms with Gasteiger partial charge < -0.3 is 14.8 Å². The summed E-state index contributed by atoms with van der Waals surface area (Å²) in [5.74, 6) is -2.22. The van der Waals surface area contributed by atoms with E-state index in [1.165, 1.54) is 0 Å². The van der Waals surface area contributed by atoms with E-state index >= 15 is 0 Å². The molecule has 8 nitrogen and oxygen atoms in total. The van der Waals surface area contributed by atoms with Crippen LogP contribution in [0, 0.1) is 0 Å². The zero-order valence-electron chi connectivity index (χ0n) is 17.0. The third-order valence-corrected chi connectivity index (χ3v) is 6.34. The summed E-state index contributed by atoms with van der Waals surface area (Å²) < 4.78 is 10.2. The number of hydrogen-bond acceptors (Lipinski definition) is 6. The molecule has 1 aliphatic heterocycles. The Hall–Kier alpha value is -2.52. The normalized spacial score (nSPS) is 12.6. The van der Waals surface area contributed by atoms with Crippen LogP contribution in [-0.4, -0.2) is 48.3 Å². The number of amides is 3. The van der Waals surface area contributed by atoms with Crippen LogP contribution in [0.1, 0.15) is 34.1 Å². The van der Waals surface area contributed by atoms with Crippen LogP contribution in [0.15, 0.2) is 24.3 Å². The van der Waals surface area contributed by atoms with E-state index < -0.39 is 30.3 Å². The number of hydrogen-bond donors (Lipinski definition) is 1. The van der Waals surface area contributed by atoms with Crippen molar-refractivity contribution in [2.24, 2.45) is 0 Å². The van der Waals surface area contributed by atoms with Gasteiger partial charge in [0.05, 0.1) is 44.2 Å². The molecule has 2 aromatic carbocycles. The van der Waals surface area contributed by atoms with E-state index in [1.807, 2.05) is 6.92 Å². The van der Waals surface area contributed by atoms with Gasteiger partial charge in [0.15, 0.2) is 6.61 Å². The molecule has 0 aliphatic carbocycles. The van der Waals surface area contributed by atoms with E-state index in [0.717, 1.165) is 4.90 Å². The van der Waals surface area contributed by atoms with Gasteiger partial charge in [0.1, 0.15) is 5.75 Å². The zero-order chi connectivity index (χ0) is 24.3. The SMILES string of the molecule is CCOc1ccc(NC(=O)COC(=O)CCN2C(=O)c3c(Cl)c(Cl)c(Cl)c(Cl)c3C2=O)cc1. The van der Waals surface area contributed by atoms with Gasteiger partial charge in [-0.2, -0.15) is 0 Å². The van der Waals surface area contributed by atoms with Crippen LogP contribution >= 0.6 is 46.4 Å². The standard InChI is InChI=1S/C21H16Cl4N2O6/c1-2-32-11-5-3-10(4-6-11)26-12(28)9-33-13(29)7-8-27-20(30)14-15(21(27)31)17(23)19(25)18(24)16(14)22/h3-6H,2,7-9H2,1H3,(H,26,28). The van der Waals surface area contributed by atoms with E-state index in [1.54, 1.807) is 24.3 Å². The van der Waals surface area contributed by atoms with Gasteiger partial charge in [-0.1, -0.05) is 46.4 Å². The van der Waals surface area contributed by atoms with Gasteiger partial charge in [-0.25, -0.2) is 0 Å². The van der Waals surface area contributed by atoms with Crippen LogP contribution in [0.25, 0.3) is 0 Å². The first-order valence-corrected chi connectivity index (χ1v) is 11.1. The average Bonchev–Trinajstić information content (AvgIpc) is 3.04. The van der Waals surface area contributed by atoms with E-state index in [4.69, 9.17) is 55.9 Å². The minimum absolute atomic E-state index is 0.150. The van der Waals surface area contributed by atoms with Crippen LogP contribution in [0.3, 0.4) is 0 Å². The summed E-state index contributed by atoms with van der Waals surface area (Å²) in [7, 11) is 0. The number of imide groups is 1. The predicted octanol–water partition coefficient (Wildman–Crippen LogP) is 4.87. The Balaban J connectivity index is 1.53. The Bertz CT molecular complexity index is 1090. The molecule has 33 heavy (non-hydrogen) atoms. The molecule has 0 unspecified atom stereocenters. The monoisotopic (exact) mass is 532 g/mol. The van der Waals surface area contributed by atoms with Gasteiger partial charge in [-0.3, -0.25) is 24.1 Å². The molecule has 0 fully saturated rings. The number of carbonyl (C=O) groups is 4. The van der Waals surface area contributed by atoms with Crippen LogP contribution < -0.4 is 10.1 Å². The van der Waals surface area contributed by atoms with Crippen molar-refractivity contribution in [3.8, 4) is 5.75 Å². The van der Waals surface area contributed by atoms with Crippen LogP contribution in [0.2, 0.25) is 20.1 Å². The largest absolute Gasteiger partial charge is 0.494 e. The first kappa shape index (κ1) is 25.1. The van der Waals surface area contributed by atoms with Crippen molar-refractivity contribution < 1.29 is 28.7 Å². The molecular formula is C21H16Cl4N2O6.